The Balaban J connectivity index is 1.56. The zero-order valence-corrected chi connectivity index (χ0v) is 20.9. The van der Waals surface area contributed by atoms with Crippen LogP contribution in [0.3, 0.4) is 0 Å². The van der Waals surface area contributed by atoms with Crippen LogP contribution < -0.4 is 10.1 Å². The van der Waals surface area contributed by atoms with Crippen LogP contribution in [0.5, 0.6) is 5.75 Å². The van der Waals surface area contributed by atoms with Crippen molar-refractivity contribution in [1.29, 1.82) is 0 Å². The average molecular weight is 501 g/mol. The first-order chi connectivity index (χ1) is 18.1. The molecule has 1 atom stereocenters. The van der Waals surface area contributed by atoms with Gasteiger partial charge in [0, 0.05) is 13.1 Å². The third-order valence-electron chi connectivity index (χ3n) is 6.50. The van der Waals surface area contributed by atoms with Crippen molar-refractivity contribution in [3.8, 4) is 5.75 Å². The van der Waals surface area contributed by atoms with Crippen molar-refractivity contribution in [1.82, 2.24) is 10.2 Å². The normalized spacial score (nSPS) is 13.8. The fourth-order valence-corrected chi connectivity index (χ4v) is 4.54. The number of hydrogen-bond acceptors (Lipinski definition) is 3. The molecule has 37 heavy (non-hydrogen) atoms. The van der Waals surface area contributed by atoms with Crippen LogP contribution in [0.2, 0.25) is 0 Å². The Labute approximate surface area is 218 Å². The summed E-state index contributed by atoms with van der Waals surface area (Å²) in [6.45, 7) is 0.414. The van der Waals surface area contributed by atoms with Crippen LogP contribution in [-0.4, -0.2) is 29.9 Å². The summed E-state index contributed by atoms with van der Waals surface area (Å²) < 4.78 is 19.3. The molecule has 0 saturated heterocycles. The quantitative estimate of drug-likeness (QED) is 0.330. The summed E-state index contributed by atoms with van der Waals surface area (Å²) in [5.41, 5.74) is 2.79. The Morgan fingerprint density at radius 2 is 1.62 bits per heavy atom. The summed E-state index contributed by atoms with van der Waals surface area (Å²) in [6, 6.07) is 23.5. The molecule has 0 aliphatic heterocycles. The summed E-state index contributed by atoms with van der Waals surface area (Å²) in [5, 5.41) is 3.06. The maximum atomic E-state index is 13.6. The van der Waals surface area contributed by atoms with Gasteiger partial charge in [-0.05, 0) is 67.5 Å². The second-order valence-corrected chi connectivity index (χ2v) is 9.21. The Morgan fingerprint density at radius 3 is 2.30 bits per heavy atom. The van der Waals surface area contributed by atoms with Crippen molar-refractivity contribution in [2.24, 2.45) is 0 Å². The number of benzene rings is 3. The lowest BCUT2D eigenvalue weighted by Gasteiger charge is -2.31. The lowest BCUT2D eigenvalue weighted by molar-refractivity contribution is -0.143. The van der Waals surface area contributed by atoms with Crippen LogP contribution in [0.4, 0.5) is 4.39 Å². The van der Waals surface area contributed by atoms with Gasteiger partial charge in [-0.2, -0.15) is 0 Å². The van der Waals surface area contributed by atoms with Gasteiger partial charge in [-0.3, -0.25) is 9.59 Å². The molecular formula is C31H33FN2O3. The van der Waals surface area contributed by atoms with E-state index in [0.717, 1.165) is 24.8 Å². The van der Waals surface area contributed by atoms with E-state index in [-0.39, 0.29) is 30.8 Å². The van der Waals surface area contributed by atoms with E-state index in [9.17, 15) is 14.0 Å². The van der Waals surface area contributed by atoms with Crippen LogP contribution in [-0.2, 0) is 16.1 Å². The van der Waals surface area contributed by atoms with E-state index in [4.69, 9.17) is 4.74 Å². The summed E-state index contributed by atoms with van der Waals surface area (Å²) in [4.78, 5) is 28.7. The van der Waals surface area contributed by atoms with Crippen molar-refractivity contribution < 1.29 is 18.7 Å². The lowest BCUT2D eigenvalue weighted by Crippen LogP contribution is -2.45. The highest BCUT2D eigenvalue weighted by atomic mass is 19.1. The molecule has 0 spiro atoms. The van der Waals surface area contributed by atoms with Gasteiger partial charge in [0.05, 0.1) is 0 Å². The van der Waals surface area contributed by atoms with Gasteiger partial charge in [-0.15, -0.1) is 0 Å². The molecule has 0 bridgehead atoms. The van der Waals surface area contributed by atoms with Gasteiger partial charge < -0.3 is 15.0 Å². The van der Waals surface area contributed by atoms with E-state index in [1.54, 1.807) is 24.3 Å². The maximum absolute atomic E-state index is 13.6. The fourth-order valence-electron chi connectivity index (χ4n) is 4.54. The molecule has 2 amide bonds. The highest BCUT2D eigenvalue weighted by Crippen LogP contribution is 2.25. The summed E-state index contributed by atoms with van der Waals surface area (Å²) in [5.74, 6) is -0.382. The minimum Gasteiger partial charge on any atom is -0.484 e. The summed E-state index contributed by atoms with van der Waals surface area (Å²) in [6.07, 6.45) is 7.65. The van der Waals surface area contributed by atoms with Gasteiger partial charge in [0.2, 0.25) is 5.91 Å². The van der Waals surface area contributed by atoms with E-state index < -0.39 is 6.04 Å². The summed E-state index contributed by atoms with van der Waals surface area (Å²) in [7, 11) is 0. The average Bonchev–Trinajstić information content (AvgIpc) is 2.94. The van der Waals surface area contributed by atoms with E-state index in [1.807, 2.05) is 48.5 Å². The van der Waals surface area contributed by atoms with E-state index in [0.29, 0.717) is 17.9 Å². The first-order valence-electron chi connectivity index (χ1n) is 12.8. The van der Waals surface area contributed by atoms with Crippen LogP contribution >= 0.6 is 0 Å². The van der Waals surface area contributed by atoms with Crippen molar-refractivity contribution in [3.63, 3.8) is 0 Å². The number of para-hydroxylation sites is 1. The molecule has 1 aliphatic carbocycles. The van der Waals surface area contributed by atoms with Gasteiger partial charge in [0.15, 0.2) is 6.61 Å². The van der Waals surface area contributed by atoms with Crippen molar-refractivity contribution >= 4 is 11.8 Å². The number of hydrogen-bond donors (Lipinski definition) is 1. The molecule has 192 valence electrons. The van der Waals surface area contributed by atoms with Crippen molar-refractivity contribution in [3.05, 3.63) is 114 Å². The van der Waals surface area contributed by atoms with Gasteiger partial charge >= 0.3 is 0 Å². The second kappa shape index (κ2) is 13.4. The van der Waals surface area contributed by atoms with Gasteiger partial charge in [-0.1, -0.05) is 72.3 Å². The Hall–Kier alpha value is -3.93. The molecule has 1 aliphatic rings. The molecule has 0 saturated carbocycles. The van der Waals surface area contributed by atoms with Gasteiger partial charge in [0.1, 0.15) is 17.6 Å². The monoisotopic (exact) mass is 500 g/mol. The molecule has 1 N–H and O–H groups in total. The number of carbonyl (C=O) groups excluding carboxylic acids is 2. The number of rotatable bonds is 11. The van der Waals surface area contributed by atoms with Gasteiger partial charge in [0.25, 0.3) is 5.91 Å². The minimum atomic E-state index is -0.863. The number of nitrogens with zero attached hydrogens (tertiary/aromatic N) is 1. The first kappa shape index (κ1) is 26.1. The SMILES string of the molecule is O=C(NCCC1=CCCCC1)C(c1ccccc1)N(Cc1ccc(F)cc1)C(=O)COc1ccccc1. The predicted octanol–water partition coefficient (Wildman–Crippen LogP) is 5.98. The highest BCUT2D eigenvalue weighted by Gasteiger charge is 2.31. The first-order valence-corrected chi connectivity index (χ1v) is 12.8. The Kier molecular flexibility index (Phi) is 9.47. The number of carbonyl (C=O) groups is 2. The van der Waals surface area contributed by atoms with Gasteiger partial charge in [-0.25, -0.2) is 4.39 Å². The Morgan fingerprint density at radius 1 is 0.919 bits per heavy atom. The zero-order chi connectivity index (χ0) is 25.9. The lowest BCUT2D eigenvalue weighted by atomic mass is 9.97. The third-order valence-corrected chi connectivity index (χ3v) is 6.50. The number of ether oxygens (including phenoxy) is 1. The smallest absolute Gasteiger partial charge is 0.261 e. The van der Waals surface area contributed by atoms with Crippen LogP contribution in [0.25, 0.3) is 0 Å². The molecule has 0 aromatic heterocycles. The minimum absolute atomic E-state index is 0.134. The molecule has 0 heterocycles. The molecule has 6 heteroatoms. The molecule has 0 radical (unpaired) electrons. The number of amides is 2. The number of allylic oxidation sites excluding steroid dienone is 1. The molecule has 5 nitrogen and oxygen atoms in total. The standard InChI is InChI=1S/C31H33FN2O3/c32-27-18-16-25(17-19-27)22-34(29(35)23-37-28-14-8-3-9-15-28)30(26-12-6-2-7-13-26)31(36)33-21-20-24-10-4-1-5-11-24/h2-3,6-10,12-19,30H,1,4-5,11,20-23H2,(H,33,36). The van der Waals surface area contributed by atoms with Crippen LogP contribution in [0, 0.1) is 5.82 Å². The summed E-state index contributed by atoms with van der Waals surface area (Å²) >= 11 is 0. The molecule has 1 unspecified atom stereocenters. The molecule has 3 aromatic rings. The van der Waals surface area contributed by atoms with E-state index >= 15 is 0 Å². The zero-order valence-electron chi connectivity index (χ0n) is 20.9. The Bertz CT molecular complexity index is 1180. The second-order valence-electron chi connectivity index (χ2n) is 9.21. The van der Waals surface area contributed by atoms with E-state index in [1.165, 1.54) is 35.4 Å². The molecular weight excluding hydrogens is 467 g/mol. The van der Waals surface area contributed by atoms with Crippen molar-refractivity contribution in [2.45, 2.75) is 44.7 Å². The number of nitrogens with one attached hydrogen (secondary N) is 1. The topological polar surface area (TPSA) is 58.6 Å². The van der Waals surface area contributed by atoms with Crippen molar-refractivity contribution in [2.75, 3.05) is 13.2 Å². The molecule has 3 aromatic carbocycles. The number of halogens is 1. The predicted molar refractivity (Wildman–Crippen MR) is 142 cm³/mol. The van der Waals surface area contributed by atoms with Crippen LogP contribution in [0.15, 0.2) is 96.6 Å². The maximum Gasteiger partial charge on any atom is 0.261 e. The largest absolute Gasteiger partial charge is 0.484 e. The van der Waals surface area contributed by atoms with Crippen LogP contribution in [0.1, 0.15) is 49.3 Å². The fraction of sp³-hybridized carbons (Fsp3) is 0.290. The molecule has 4 rings (SSSR count). The highest BCUT2D eigenvalue weighted by molar-refractivity contribution is 5.89. The molecule has 0 fully saturated rings. The third kappa shape index (κ3) is 7.78. The van der Waals surface area contributed by atoms with E-state index in [2.05, 4.69) is 11.4 Å².